The number of carbonyl (C=O) groups excluding carboxylic acids is 2. The maximum Gasteiger partial charge on any atom is 0.241 e. The van der Waals surface area contributed by atoms with Crippen molar-refractivity contribution >= 4 is 11.8 Å². The Morgan fingerprint density at radius 2 is 2.00 bits per heavy atom. The Bertz CT molecular complexity index is 259. The van der Waals surface area contributed by atoms with Crippen LogP contribution in [-0.4, -0.2) is 36.3 Å². The van der Waals surface area contributed by atoms with Crippen molar-refractivity contribution in [2.75, 3.05) is 19.6 Å². The van der Waals surface area contributed by atoms with Crippen LogP contribution in [0.1, 0.15) is 32.1 Å². The molecule has 1 saturated carbocycles. The monoisotopic (exact) mass is 210 g/mol. The molecule has 2 amide bonds. The molecule has 2 fully saturated rings. The Labute approximate surface area is 90.0 Å². The van der Waals surface area contributed by atoms with E-state index in [1.807, 2.05) is 4.90 Å². The minimum atomic E-state index is -0.00253. The Kier molecular flexibility index (Phi) is 3.23. The van der Waals surface area contributed by atoms with Gasteiger partial charge in [0, 0.05) is 19.5 Å². The lowest BCUT2D eigenvalue weighted by atomic mass is 10.1. The van der Waals surface area contributed by atoms with Crippen LogP contribution in [0.5, 0.6) is 0 Å². The van der Waals surface area contributed by atoms with Crippen LogP contribution in [0, 0.1) is 5.92 Å². The third kappa shape index (κ3) is 2.70. The molecule has 4 nitrogen and oxygen atoms in total. The number of nitrogens with zero attached hydrogens (tertiary/aromatic N) is 1. The number of hydrogen-bond donors (Lipinski definition) is 1. The molecule has 1 saturated heterocycles. The lowest BCUT2D eigenvalue weighted by Gasteiger charge is -2.23. The van der Waals surface area contributed by atoms with E-state index >= 15 is 0 Å². The molecule has 0 aromatic rings. The molecule has 15 heavy (non-hydrogen) atoms. The third-order valence-corrected chi connectivity index (χ3v) is 3.35. The number of rotatable bonds is 2. The van der Waals surface area contributed by atoms with Crippen LogP contribution in [0.3, 0.4) is 0 Å². The second-order valence-corrected chi connectivity index (χ2v) is 4.52. The minimum absolute atomic E-state index is 0.00253. The zero-order valence-electron chi connectivity index (χ0n) is 9.00. The van der Waals surface area contributed by atoms with Crippen LogP contribution in [-0.2, 0) is 9.59 Å². The van der Waals surface area contributed by atoms with E-state index < -0.39 is 0 Å². The van der Waals surface area contributed by atoms with Crippen LogP contribution in [0.4, 0.5) is 0 Å². The molecule has 0 aromatic carbocycles. The SMILES string of the molecule is O=C1CCN(CC2CCCC2)C(=O)CN1. The Morgan fingerprint density at radius 3 is 2.73 bits per heavy atom. The number of amides is 2. The normalized spacial score (nSPS) is 24.1. The maximum atomic E-state index is 11.7. The van der Waals surface area contributed by atoms with Gasteiger partial charge in [0.2, 0.25) is 11.8 Å². The lowest BCUT2D eigenvalue weighted by Crippen LogP contribution is -2.37. The Balaban J connectivity index is 1.88. The first-order chi connectivity index (χ1) is 7.25. The van der Waals surface area contributed by atoms with E-state index in [2.05, 4.69) is 5.32 Å². The summed E-state index contributed by atoms with van der Waals surface area (Å²) in [5, 5.41) is 2.62. The fraction of sp³-hybridized carbons (Fsp3) is 0.818. The zero-order valence-corrected chi connectivity index (χ0v) is 9.00. The number of hydrogen-bond acceptors (Lipinski definition) is 2. The van der Waals surface area contributed by atoms with Crippen LogP contribution in [0.25, 0.3) is 0 Å². The molecule has 1 heterocycles. The van der Waals surface area contributed by atoms with E-state index in [1.165, 1.54) is 25.7 Å². The highest BCUT2D eigenvalue weighted by Gasteiger charge is 2.24. The number of nitrogens with one attached hydrogen (secondary N) is 1. The average Bonchev–Trinajstić information content (AvgIpc) is 2.67. The quantitative estimate of drug-likeness (QED) is 0.722. The molecule has 0 radical (unpaired) electrons. The molecule has 0 atom stereocenters. The van der Waals surface area contributed by atoms with Crippen molar-refractivity contribution in [2.24, 2.45) is 5.92 Å². The molecule has 0 spiro atoms. The Morgan fingerprint density at radius 1 is 1.27 bits per heavy atom. The highest BCUT2D eigenvalue weighted by atomic mass is 16.2. The standard InChI is InChI=1S/C11H18N2O2/c14-10-5-6-13(11(15)7-12-10)8-9-3-1-2-4-9/h9H,1-8H2,(H,12,14). The van der Waals surface area contributed by atoms with Gasteiger partial charge in [0.1, 0.15) is 0 Å². The van der Waals surface area contributed by atoms with Crippen molar-refractivity contribution in [1.29, 1.82) is 0 Å². The first-order valence-electron chi connectivity index (χ1n) is 5.80. The molecule has 0 unspecified atom stereocenters. The summed E-state index contributed by atoms with van der Waals surface area (Å²) >= 11 is 0. The molecule has 1 aliphatic heterocycles. The van der Waals surface area contributed by atoms with Gasteiger partial charge >= 0.3 is 0 Å². The molecule has 2 rings (SSSR count). The highest BCUT2D eigenvalue weighted by molar-refractivity contribution is 5.87. The summed E-state index contributed by atoms with van der Waals surface area (Å²) in [6.07, 6.45) is 5.53. The summed E-state index contributed by atoms with van der Waals surface area (Å²) in [5.74, 6) is 0.743. The first-order valence-corrected chi connectivity index (χ1v) is 5.80. The molecule has 0 aromatic heterocycles. The van der Waals surface area contributed by atoms with Crippen LogP contribution < -0.4 is 5.32 Å². The van der Waals surface area contributed by atoms with Crippen molar-refractivity contribution in [2.45, 2.75) is 32.1 Å². The van der Waals surface area contributed by atoms with E-state index in [1.54, 1.807) is 0 Å². The molecule has 84 valence electrons. The molecular weight excluding hydrogens is 192 g/mol. The van der Waals surface area contributed by atoms with Gasteiger partial charge in [0.15, 0.2) is 0 Å². The molecule has 2 aliphatic rings. The lowest BCUT2D eigenvalue weighted by molar-refractivity contribution is -0.130. The average molecular weight is 210 g/mol. The van der Waals surface area contributed by atoms with E-state index in [9.17, 15) is 9.59 Å². The zero-order chi connectivity index (χ0) is 10.7. The first kappa shape index (κ1) is 10.5. The molecular formula is C11H18N2O2. The molecule has 1 N–H and O–H groups in total. The predicted octanol–water partition coefficient (Wildman–Crippen LogP) is 0.525. The largest absolute Gasteiger partial charge is 0.347 e. The van der Waals surface area contributed by atoms with Gasteiger partial charge in [-0.25, -0.2) is 0 Å². The van der Waals surface area contributed by atoms with Gasteiger partial charge in [-0.2, -0.15) is 0 Å². The summed E-state index contributed by atoms with van der Waals surface area (Å²) < 4.78 is 0. The van der Waals surface area contributed by atoms with Gasteiger partial charge < -0.3 is 10.2 Å². The van der Waals surface area contributed by atoms with Gasteiger partial charge in [-0.3, -0.25) is 9.59 Å². The summed E-state index contributed by atoms with van der Waals surface area (Å²) in [4.78, 5) is 24.6. The minimum Gasteiger partial charge on any atom is -0.347 e. The summed E-state index contributed by atoms with van der Waals surface area (Å²) in [6.45, 7) is 1.64. The fourth-order valence-corrected chi connectivity index (χ4v) is 2.43. The van der Waals surface area contributed by atoms with Gasteiger partial charge in [0.25, 0.3) is 0 Å². The van der Waals surface area contributed by atoms with E-state index in [-0.39, 0.29) is 18.4 Å². The van der Waals surface area contributed by atoms with Gasteiger partial charge in [0.05, 0.1) is 6.54 Å². The van der Waals surface area contributed by atoms with Crippen molar-refractivity contribution in [3.05, 3.63) is 0 Å². The van der Waals surface area contributed by atoms with Crippen molar-refractivity contribution in [3.8, 4) is 0 Å². The predicted molar refractivity (Wildman–Crippen MR) is 56.2 cm³/mol. The van der Waals surface area contributed by atoms with Crippen LogP contribution in [0.2, 0.25) is 0 Å². The van der Waals surface area contributed by atoms with Gasteiger partial charge in [-0.05, 0) is 18.8 Å². The molecule has 4 heteroatoms. The van der Waals surface area contributed by atoms with Crippen molar-refractivity contribution < 1.29 is 9.59 Å². The molecule has 0 bridgehead atoms. The van der Waals surface area contributed by atoms with Gasteiger partial charge in [-0.15, -0.1) is 0 Å². The highest BCUT2D eigenvalue weighted by Crippen LogP contribution is 2.25. The summed E-state index contributed by atoms with van der Waals surface area (Å²) in [5.41, 5.74) is 0. The van der Waals surface area contributed by atoms with Crippen LogP contribution in [0.15, 0.2) is 0 Å². The second kappa shape index (κ2) is 4.64. The number of carbonyl (C=O) groups is 2. The Hall–Kier alpha value is -1.06. The van der Waals surface area contributed by atoms with Crippen molar-refractivity contribution in [3.63, 3.8) is 0 Å². The van der Waals surface area contributed by atoms with Gasteiger partial charge in [-0.1, -0.05) is 12.8 Å². The van der Waals surface area contributed by atoms with E-state index in [4.69, 9.17) is 0 Å². The van der Waals surface area contributed by atoms with E-state index in [0.29, 0.717) is 18.9 Å². The smallest absolute Gasteiger partial charge is 0.241 e. The van der Waals surface area contributed by atoms with Crippen LogP contribution >= 0.6 is 0 Å². The maximum absolute atomic E-state index is 11.7. The summed E-state index contributed by atoms with van der Waals surface area (Å²) in [7, 11) is 0. The van der Waals surface area contributed by atoms with E-state index in [0.717, 1.165) is 6.54 Å². The summed E-state index contributed by atoms with van der Waals surface area (Å²) in [6, 6.07) is 0. The topological polar surface area (TPSA) is 49.4 Å². The third-order valence-electron chi connectivity index (χ3n) is 3.35. The second-order valence-electron chi connectivity index (χ2n) is 4.52. The van der Waals surface area contributed by atoms with Crippen molar-refractivity contribution in [1.82, 2.24) is 10.2 Å². The fourth-order valence-electron chi connectivity index (χ4n) is 2.43. The molecule has 1 aliphatic carbocycles.